The summed E-state index contributed by atoms with van der Waals surface area (Å²) in [6.07, 6.45) is 2.53. The van der Waals surface area contributed by atoms with E-state index in [0.29, 0.717) is 0 Å². The van der Waals surface area contributed by atoms with E-state index in [0.717, 1.165) is 41.0 Å². The maximum Gasteiger partial charge on any atom is 0.305 e. The molecule has 25 heavy (non-hydrogen) atoms. The molecule has 132 valence electrons. The molecule has 2 aromatic rings. The van der Waals surface area contributed by atoms with Crippen LogP contribution in [0.5, 0.6) is 5.75 Å². The van der Waals surface area contributed by atoms with Gasteiger partial charge in [0.05, 0.1) is 25.5 Å². The van der Waals surface area contributed by atoms with Gasteiger partial charge in [-0.15, -0.1) is 11.3 Å². The number of fused-ring (bicyclic) bond motifs is 1. The van der Waals surface area contributed by atoms with Gasteiger partial charge in [-0.1, -0.05) is 12.1 Å². The highest BCUT2D eigenvalue weighted by Crippen LogP contribution is 2.35. The standard InChI is InChI=1S/C19H21NO4S/c1-24-13-8-7-12-4-2-5-14(15(12)10-13)19(23)20-16(11-18(21)22)17-6-3-9-25-17/h3,6-10,14,16H,2,4-5,11H2,1H3,(H,20,23)(H,21,22). The molecular weight excluding hydrogens is 338 g/mol. The van der Waals surface area contributed by atoms with Crippen molar-refractivity contribution in [2.24, 2.45) is 0 Å². The average molecular weight is 359 g/mol. The van der Waals surface area contributed by atoms with Gasteiger partial charge >= 0.3 is 5.97 Å². The van der Waals surface area contributed by atoms with Crippen LogP contribution in [0.1, 0.15) is 47.2 Å². The second-order valence-electron chi connectivity index (χ2n) is 6.18. The van der Waals surface area contributed by atoms with Gasteiger partial charge in [0.2, 0.25) is 5.91 Å². The summed E-state index contributed by atoms with van der Waals surface area (Å²) in [6.45, 7) is 0. The van der Waals surface area contributed by atoms with Gasteiger partial charge in [0.25, 0.3) is 0 Å². The summed E-state index contributed by atoms with van der Waals surface area (Å²) in [5.74, 6) is -0.577. The van der Waals surface area contributed by atoms with Crippen molar-refractivity contribution < 1.29 is 19.4 Å². The third kappa shape index (κ3) is 4.02. The Morgan fingerprint density at radius 2 is 2.24 bits per heavy atom. The number of rotatable bonds is 6. The maximum atomic E-state index is 12.9. The molecule has 1 aromatic heterocycles. The maximum absolute atomic E-state index is 12.9. The molecule has 2 atom stereocenters. The number of hydrogen-bond donors (Lipinski definition) is 2. The number of benzene rings is 1. The number of carboxylic acid groups (broad SMARTS) is 1. The lowest BCUT2D eigenvalue weighted by Gasteiger charge is -2.27. The van der Waals surface area contributed by atoms with Crippen LogP contribution in [-0.4, -0.2) is 24.1 Å². The highest BCUT2D eigenvalue weighted by molar-refractivity contribution is 7.10. The Hall–Kier alpha value is -2.34. The summed E-state index contributed by atoms with van der Waals surface area (Å²) < 4.78 is 5.29. The number of aliphatic carboxylic acids is 1. The van der Waals surface area contributed by atoms with Crippen molar-refractivity contribution in [3.8, 4) is 5.75 Å². The largest absolute Gasteiger partial charge is 0.497 e. The normalized spacial score (nSPS) is 17.4. The van der Waals surface area contributed by atoms with Crippen LogP contribution in [0.25, 0.3) is 0 Å². The lowest BCUT2D eigenvalue weighted by molar-refractivity contribution is -0.137. The molecule has 6 heteroatoms. The number of carbonyl (C=O) groups is 2. The number of hydrogen-bond acceptors (Lipinski definition) is 4. The van der Waals surface area contributed by atoms with E-state index >= 15 is 0 Å². The van der Waals surface area contributed by atoms with Crippen molar-refractivity contribution in [3.05, 3.63) is 51.7 Å². The van der Waals surface area contributed by atoms with Gasteiger partial charge in [-0.3, -0.25) is 9.59 Å². The van der Waals surface area contributed by atoms with Crippen molar-refractivity contribution in [3.63, 3.8) is 0 Å². The van der Waals surface area contributed by atoms with E-state index < -0.39 is 12.0 Å². The van der Waals surface area contributed by atoms with Crippen LogP contribution in [-0.2, 0) is 16.0 Å². The molecule has 0 bridgehead atoms. The van der Waals surface area contributed by atoms with E-state index in [1.54, 1.807) is 7.11 Å². The summed E-state index contributed by atoms with van der Waals surface area (Å²) in [7, 11) is 1.61. The molecule has 2 N–H and O–H groups in total. The van der Waals surface area contributed by atoms with Gasteiger partial charge < -0.3 is 15.2 Å². The monoisotopic (exact) mass is 359 g/mol. The fourth-order valence-electron chi connectivity index (χ4n) is 3.34. The topological polar surface area (TPSA) is 75.6 Å². The molecule has 0 saturated carbocycles. The van der Waals surface area contributed by atoms with Crippen molar-refractivity contribution in [2.75, 3.05) is 7.11 Å². The summed E-state index contributed by atoms with van der Waals surface area (Å²) in [4.78, 5) is 24.9. The Kier molecular flexibility index (Phi) is 5.38. The number of methoxy groups -OCH3 is 1. The molecule has 2 unspecified atom stereocenters. The number of carbonyl (C=O) groups excluding carboxylic acids is 1. The Balaban J connectivity index is 1.82. The van der Waals surface area contributed by atoms with Crippen molar-refractivity contribution >= 4 is 23.2 Å². The molecule has 1 aliphatic rings. The summed E-state index contributed by atoms with van der Waals surface area (Å²) in [5.41, 5.74) is 2.15. The second-order valence-corrected chi connectivity index (χ2v) is 7.16. The average Bonchev–Trinajstić information content (AvgIpc) is 3.14. The molecule has 0 saturated heterocycles. The van der Waals surface area contributed by atoms with Crippen LogP contribution in [0, 0.1) is 0 Å². The minimum absolute atomic E-state index is 0.117. The molecule has 3 rings (SSSR count). The minimum atomic E-state index is -0.926. The van der Waals surface area contributed by atoms with E-state index in [4.69, 9.17) is 9.84 Å². The number of nitrogens with one attached hydrogen (secondary N) is 1. The zero-order chi connectivity index (χ0) is 17.8. The Bertz CT molecular complexity index is 757. The molecule has 5 nitrogen and oxygen atoms in total. The fraction of sp³-hybridized carbons (Fsp3) is 0.368. The van der Waals surface area contributed by atoms with Gasteiger partial charge in [0.15, 0.2) is 0 Å². The van der Waals surface area contributed by atoms with E-state index in [9.17, 15) is 9.59 Å². The smallest absolute Gasteiger partial charge is 0.305 e. The van der Waals surface area contributed by atoms with Crippen LogP contribution < -0.4 is 10.1 Å². The number of carboxylic acids is 1. The summed E-state index contributed by atoms with van der Waals surface area (Å²) in [6, 6.07) is 9.08. The Labute approximate surface area is 150 Å². The van der Waals surface area contributed by atoms with Crippen LogP contribution in [0.3, 0.4) is 0 Å². The number of ether oxygens (including phenoxy) is 1. The molecular formula is C19H21NO4S. The van der Waals surface area contributed by atoms with Crippen molar-refractivity contribution in [1.82, 2.24) is 5.32 Å². The van der Waals surface area contributed by atoms with E-state index in [-0.39, 0.29) is 18.2 Å². The van der Waals surface area contributed by atoms with Gasteiger partial charge in [0.1, 0.15) is 5.75 Å². The molecule has 0 spiro atoms. The first kappa shape index (κ1) is 17.5. The minimum Gasteiger partial charge on any atom is -0.497 e. The molecule has 1 amide bonds. The van der Waals surface area contributed by atoms with Crippen molar-refractivity contribution in [1.29, 1.82) is 0 Å². The predicted octanol–water partition coefficient (Wildman–Crippen LogP) is 3.51. The fourth-order valence-corrected chi connectivity index (χ4v) is 4.11. The first-order valence-corrected chi connectivity index (χ1v) is 9.19. The molecule has 1 aromatic carbocycles. The number of thiophene rings is 1. The van der Waals surface area contributed by atoms with Gasteiger partial charge in [-0.25, -0.2) is 0 Å². The SMILES string of the molecule is COc1ccc2c(c1)C(C(=O)NC(CC(=O)O)c1cccs1)CCC2. The Morgan fingerprint density at radius 3 is 2.92 bits per heavy atom. The first-order chi connectivity index (χ1) is 12.1. The third-order valence-electron chi connectivity index (χ3n) is 4.57. The van der Waals surface area contributed by atoms with E-state index in [1.165, 1.54) is 11.3 Å². The van der Waals surface area contributed by atoms with Gasteiger partial charge in [0, 0.05) is 4.88 Å². The zero-order valence-electron chi connectivity index (χ0n) is 14.0. The molecule has 1 heterocycles. The number of aryl methyl sites for hydroxylation is 1. The highest BCUT2D eigenvalue weighted by atomic mass is 32.1. The van der Waals surface area contributed by atoms with Gasteiger partial charge in [-0.05, 0) is 54.0 Å². The first-order valence-electron chi connectivity index (χ1n) is 8.31. The molecule has 0 fully saturated rings. The predicted molar refractivity (Wildman–Crippen MR) is 96.1 cm³/mol. The summed E-state index contributed by atoms with van der Waals surface area (Å²) >= 11 is 1.46. The molecule has 0 aliphatic heterocycles. The molecule has 1 aliphatic carbocycles. The van der Waals surface area contributed by atoms with Crippen LogP contribution in [0.2, 0.25) is 0 Å². The van der Waals surface area contributed by atoms with Crippen LogP contribution in [0.4, 0.5) is 0 Å². The zero-order valence-corrected chi connectivity index (χ0v) is 14.8. The lowest BCUT2D eigenvalue weighted by Crippen LogP contribution is -2.35. The van der Waals surface area contributed by atoms with Crippen LogP contribution >= 0.6 is 11.3 Å². The second kappa shape index (κ2) is 7.70. The highest BCUT2D eigenvalue weighted by Gasteiger charge is 2.29. The molecule has 0 radical (unpaired) electrons. The van der Waals surface area contributed by atoms with E-state index in [1.807, 2.05) is 35.7 Å². The van der Waals surface area contributed by atoms with Crippen molar-refractivity contribution in [2.45, 2.75) is 37.6 Å². The lowest BCUT2D eigenvalue weighted by atomic mass is 9.82. The van der Waals surface area contributed by atoms with Gasteiger partial charge in [-0.2, -0.15) is 0 Å². The summed E-state index contributed by atoms with van der Waals surface area (Å²) in [5, 5.41) is 14.0. The quantitative estimate of drug-likeness (QED) is 0.828. The number of amides is 1. The third-order valence-corrected chi connectivity index (χ3v) is 5.55. The Morgan fingerprint density at radius 1 is 1.40 bits per heavy atom. The van der Waals surface area contributed by atoms with Crippen LogP contribution in [0.15, 0.2) is 35.7 Å². The van der Waals surface area contributed by atoms with E-state index in [2.05, 4.69) is 5.32 Å².